The van der Waals surface area contributed by atoms with Gasteiger partial charge in [-0.05, 0) is 37.8 Å². The van der Waals surface area contributed by atoms with E-state index in [0.717, 1.165) is 18.2 Å². The first kappa shape index (κ1) is 11.7. The highest BCUT2D eigenvalue weighted by atomic mass is 16.3. The maximum absolute atomic E-state index is 5.84. The minimum absolute atomic E-state index is 0.582. The molecule has 0 amide bonds. The summed E-state index contributed by atoms with van der Waals surface area (Å²) < 4.78 is 5.84. The van der Waals surface area contributed by atoms with Crippen LogP contribution in [0.2, 0.25) is 0 Å². The number of furan rings is 1. The van der Waals surface area contributed by atoms with Gasteiger partial charge in [0, 0.05) is 12.0 Å². The average molecular weight is 221 g/mol. The van der Waals surface area contributed by atoms with Gasteiger partial charge in [-0.15, -0.1) is 0 Å². The van der Waals surface area contributed by atoms with Crippen molar-refractivity contribution in [2.45, 2.75) is 58.5 Å². The Bertz CT molecular complexity index is 331. The quantitative estimate of drug-likeness (QED) is 0.792. The van der Waals surface area contributed by atoms with E-state index in [1.165, 1.54) is 25.0 Å². The number of rotatable bonds is 6. The second-order valence-electron chi connectivity index (χ2n) is 5.19. The summed E-state index contributed by atoms with van der Waals surface area (Å²) in [5.74, 6) is 3.79. The van der Waals surface area contributed by atoms with E-state index in [0.29, 0.717) is 12.0 Å². The highest BCUT2D eigenvalue weighted by Crippen LogP contribution is 2.47. The van der Waals surface area contributed by atoms with Crippen LogP contribution in [0.1, 0.15) is 57.5 Å². The van der Waals surface area contributed by atoms with Crippen molar-refractivity contribution in [3.05, 3.63) is 23.7 Å². The molecule has 1 saturated carbocycles. The van der Waals surface area contributed by atoms with Crippen LogP contribution in [0.4, 0.5) is 0 Å². The second kappa shape index (κ2) is 5.05. The molecule has 90 valence electrons. The van der Waals surface area contributed by atoms with Gasteiger partial charge in [0.2, 0.25) is 0 Å². The summed E-state index contributed by atoms with van der Waals surface area (Å²) >= 11 is 0. The highest BCUT2D eigenvalue weighted by molar-refractivity contribution is 5.17. The molecule has 0 radical (unpaired) electrons. The third-order valence-corrected chi connectivity index (χ3v) is 3.50. The van der Waals surface area contributed by atoms with Crippen molar-refractivity contribution in [1.29, 1.82) is 0 Å². The molecule has 0 spiro atoms. The maximum atomic E-state index is 5.84. The van der Waals surface area contributed by atoms with E-state index < -0.39 is 0 Å². The average Bonchev–Trinajstić information content (AvgIpc) is 2.80. The van der Waals surface area contributed by atoms with Crippen LogP contribution in [0.25, 0.3) is 0 Å². The maximum Gasteiger partial charge on any atom is 0.117 e. The second-order valence-corrected chi connectivity index (χ2v) is 5.19. The van der Waals surface area contributed by atoms with Crippen molar-refractivity contribution >= 4 is 0 Å². The van der Waals surface area contributed by atoms with E-state index in [1.807, 2.05) is 0 Å². The fraction of sp³-hybridized carbons (Fsp3) is 0.714. The molecule has 1 aromatic heterocycles. The first-order valence-corrected chi connectivity index (χ1v) is 6.52. The first-order valence-electron chi connectivity index (χ1n) is 6.52. The van der Waals surface area contributed by atoms with Gasteiger partial charge >= 0.3 is 0 Å². The van der Waals surface area contributed by atoms with Gasteiger partial charge in [-0.2, -0.15) is 0 Å². The van der Waals surface area contributed by atoms with Crippen LogP contribution in [0.5, 0.6) is 0 Å². The Labute approximate surface area is 98.4 Å². The molecule has 2 rings (SSSR count). The van der Waals surface area contributed by atoms with Crippen LogP contribution in [0, 0.1) is 5.92 Å². The summed E-state index contributed by atoms with van der Waals surface area (Å²) in [7, 11) is 0. The summed E-state index contributed by atoms with van der Waals surface area (Å²) in [6.07, 6.45) is 3.76. The summed E-state index contributed by atoms with van der Waals surface area (Å²) in [6.45, 7) is 7.60. The van der Waals surface area contributed by atoms with Gasteiger partial charge < -0.3 is 9.73 Å². The highest BCUT2D eigenvalue weighted by Gasteiger charge is 2.36. The summed E-state index contributed by atoms with van der Waals surface area (Å²) in [5.41, 5.74) is 0. The molecule has 1 N–H and O–H groups in total. The number of hydrogen-bond acceptors (Lipinski definition) is 2. The smallest absolute Gasteiger partial charge is 0.117 e. The zero-order chi connectivity index (χ0) is 11.5. The largest absolute Gasteiger partial charge is 0.464 e. The van der Waals surface area contributed by atoms with E-state index >= 15 is 0 Å². The van der Waals surface area contributed by atoms with Crippen LogP contribution in [0.3, 0.4) is 0 Å². The zero-order valence-electron chi connectivity index (χ0n) is 10.6. The van der Waals surface area contributed by atoms with Gasteiger partial charge in [-0.1, -0.05) is 20.3 Å². The molecular formula is C14H23NO. The van der Waals surface area contributed by atoms with E-state index in [9.17, 15) is 0 Å². The Morgan fingerprint density at radius 1 is 1.50 bits per heavy atom. The molecule has 2 nitrogen and oxygen atoms in total. The number of hydrogen-bond donors (Lipinski definition) is 1. The van der Waals surface area contributed by atoms with Crippen LogP contribution >= 0.6 is 0 Å². The van der Waals surface area contributed by atoms with Crippen LogP contribution in [-0.2, 0) is 6.54 Å². The lowest BCUT2D eigenvalue weighted by Gasteiger charge is -2.10. The van der Waals surface area contributed by atoms with Crippen LogP contribution in [0.15, 0.2) is 16.5 Å². The van der Waals surface area contributed by atoms with Gasteiger partial charge in [0.15, 0.2) is 0 Å². The molecule has 1 aliphatic carbocycles. The molecule has 3 atom stereocenters. The molecule has 1 aliphatic rings. The normalized spacial score (nSPS) is 25.7. The first-order chi connectivity index (χ1) is 7.70. The van der Waals surface area contributed by atoms with Crippen LogP contribution in [-0.4, -0.2) is 6.04 Å². The van der Waals surface area contributed by atoms with Gasteiger partial charge in [-0.3, -0.25) is 0 Å². The predicted octanol–water partition coefficient (Wildman–Crippen LogP) is 3.68. The lowest BCUT2D eigenvalue weighted by molar-refractivity contribution is 0.419. The molecule has 1 aromatic rings. The molecular weight excluding hydrogens is 198 g/mol. The van der Waals surface area contributed by atoms with Gasteiger partial charge in [0.05, 0.1) is 6.54 Å². The molecule has 0 saturated heterocycles. The van der Waals surface area contributed by atoms with E-state index in [1.54, 1.807) is 0 Å². The SMILES string of the molecule is CCCC(C)NCc1ccc(C2CC2C)o1. The summed E-state index contributed by atoms with van der Waals surface area (Å²) in [5, 5.41) is 3.49. The molecule has 3 unspecified atom stereocenters. The molecule has 1 heterocycles. The van der Waals surface area contributed by atoms with E-state index in [4.69, 9.17) is 4.42 Å². The molecule has 0 aromatic carbocycles. The monoisotopic (exact) mass is 221 g/mol. The Balaban J connectivity index is 1.79. The van der Waals surface area contributed by atoms with Crippen molar-refractivity contribution in [1.82, 2.24) is 5.32 Å². The lowest BCUT2D eigenvalue weighted by Crippen LogP contribution is -2.24. The van der Waals surface area contributed by atoms with Gasteiger partial charge in [0.1, 0.15) is 11.5 Å². The molecule has 16 heavy (non-hydrogen) atoms. The summed E-state index contributed by atoms with van der Waals surface area (Å²) in [6, 6.07) is 4.85. The zero-order valence-corrected chi connectivity index (χ0v) is 10.6. The molecule has 2 heteroatoms. The van der Waals surface area contributed by atoms with Crippen molar-refractivity contribution in [2.75, 3.05) is 0 Å². The topological polar surface area (TPSA) is 25.2 Å². The van der Waals surface area contributed by atoms with Crippen molar-refractivity contribution in [2.24, 2.45) is 5.92 Å². The minimum atomic E-state index is 0.582. The third-order valence-electron chi connectivity index (χ3n) is 3.50. The predicted molar refractivity (Wildman–Crippen MR) is 66.4 cm³/mol. The fourth-order valence-electron chi connectivity index (χ4n) is 2.22. The molecule has 1 fully saturated rings. The van der Waals surface area contributed by atoms with Crippen molar-refractivity contribution < 1.29 is 4.42 Å². The van der Waals surface area contributed by atoms with E-state index in [2.05, 4.69) is 38.2 Å². The van der Waals surface area contributed by atoms with E-state index in [-0.39, 0.29) is 0 Å². The molecule has 0 bridgehead atoms. The third kappa shape index (κ3) is 2.88. The standard InChI is InChI=1S/C14H23NO/c1-4-5-11(3)15-9-12-6-7-14(16-12)13-8-10(13)2/h6-7,10-11,13,15H,4-5,8-9H2,1-3H3. The Morgan fingerprint density at radius 3 is 2.88 bits per heavy atom. The fourth-order valence-corrected chi connectivity index (χ4v) is 2.22. The minimum Gasteiger partial charge on any atom is -0.464 e. The van der Waals surface area contributed by atoms with Crippen molar-refractivity contribution in [3.63, 3.8) is 0 Å². The Kier molecular flexibility index (Phi) is 3.70. The Morgan fingerprint density at radius 2 is 2.25 bits per heavy atom. The summed E-state index contributed by atoms with van der Waals surface area (Å²) in [4.78, 5) is 0. The lowest BCUT2D eigenvalue weighted by atomic mass is 10.2. The number of nitrogens with one attached hydrogen (secondary N) is 1. The van der Waals surface area contributed by atoms with Crippen molar-refractivity contribution in [3.8, 4) is 0 Å². The molecule has 0 aliphatic heterocycles. The van der Waals surface area contributed by atoms with Gasteiger partial charge in [0.25, 0.3) is 0 Å². The van der Waals surface area contributed by atoms with Crippen LogP contribution < -0.4 is 5.32 Å². The van der Waals surface area contributed by atoms with Gasteiger partial charge in [-0.25, -0.2) is 0 Å². The Hall–Kier alpha value is -0.760.